The lowest BCUT2D eigenvalue weighted by atomic mass is 10.1. The molecule has 2 amide bonds. The second kappa shape index (κ2) is 11.2. The van der Waals surface area contributed by atoms with Gasteiger partial charge in [-0.25, -0.2) is 4.98 Å². The summed E-state index contributed by atoms with van der Waals surface area (Å²) in [5.41, 5.74) is 3.58. The van der Waals surface area contributed by atoms with Crippen molar-refractivity contribution < 1.29 is 14.4 Å². The van der Waals surface area contributed by atoms with E-state index >= 15 is 0 Å². The van der Waals surface area contributed by atoms with Gasteiger partial charge in [0.25, 0.3) is 0 Å². The first-order valence-corrected chi connectivity index (χ1v) is 11.1. The molecule has 3 rings (SSSR count). The van der Waals surface area contributed by atoms with E-state index in [0.717, 1.165) is 24.1 Å². The molecule has 1 aromatic heterocycles. The highest BCUT2D eigenvalue weighted by Gasteiger charge is 2.11. The van der Waals surface area contributed by atoms with Crippen LogP contribution in [0.2, 0.25) is 0 Å². The van der Waals surface area contributed by atoms with Crippen LogP contribution >= 0.6 is 11.3 Å². The van der Waals surface area contributed by atoms with E-state index in [1.54, 1.807) is 12.1 Å². The highest BCUT2D eigenvalue weighted by molar-refractivity contribution is 7.14. The number of nitrogens with one attached hydrogen (secondary N) is 2. The third-order valence-electron chi connectivity index (χ3n) is 4.69. The van der Waals surface area contributed by atoms with Crippen LogP contribution in [0.3, 0.4) is 0 Å². The SMILES string of the molecule is CC(=O)NCCCc1ccc(-c2csc(NC(=O)CCC(=O)c3ccccc3)n2)cc1. The maximum atomic E-state index is 12.2. The summed E-state index contributed by atoms with van der Waals surface area (Å²) in [7, 11) is 0. The van der Waals surface area contributed by atoms with Gasteiger partial charge in [0.05, 0.1) is 5.69 Å². The summed E-state index contributed by atoms with van der Waals surface area (Å²) < 4.78 is 0. The number of Topliss-reactive ketones (excluding diaryl/α,β-unsaturated/α-hetero) is 1. The van der Waals surface area contributed by atoms with E-state index in [-0.39, 0.29) is 30.4 Å². The first-order chi connectivity index (χ1) is 15.0. The van der Waals surface area contributed by atoms with Gasteiger partial charge in [0, 0.05) is 42.8 Å². The number of aryl methyl sites for hydroxylation is 1. The lowest BCUT2D eigenvalue weighted by molar-refractivity contribution is -0.119. The number of carbonyl (C=O) groups is 3. The molecule has 0 spiro atoms. The summed E-state index contributed by atoms with van der Waals surface area (Å²) in [6, 6.07) is 17.1. The Bertz CT molecular complexity index is 1030. The summed E-state index contributed by atoms with van der Waals surface area (Å²) in [5.74, 6) is -0.281. The molecule has 1 heterocycles. The molecule has 0 aliphatic rings. The zero-order chi connectivity index (χ0) is 22.1. The maximum Gasteiger partial charge on any atom is 0.226 e. The molecule has 2 aromatic carbocycles. The summed E-state index contributed by atoms with van der Waals surface area (Å²) in [4.78, 5) is 39.7. The smallest absolute Gasteiger partial charge is 0.226 e. The van der Waals surface area contributed by atoms with Crippen molar-refractivity contribution in [3.05, 3.63) is 71.1 Å². The summed E-state index contributed by atoms with van der Waals surface area (Å²) >= 11 is 1.36. The van der Waals surface area contributed by atoms with E-state index in [1.807, 2.05) is 35.7 Å². The number of carbonyl (C=O) groups excluding carboxylic acids is 3. The van der Waals surface area contributed by atoms with Crippen molar-refractivity contribution in [3.63, 3.8) is 0 Å². The number of hydrogen-bond donors (Lipinski definition) is 2. The molecule has 0 atom stereocenters. The molecule has 3 aromatic rings. The quantitative estimate of drug-likeness (QED) is 0.363. The van der Waals surface area contributed by atoms with Crippen molar-refractivity contribution in [1.82, 2.24) is 10.3 Å². The molecule has 0 bridgehead atoms. The van der Waals surface area contributed by atoms with Crippen molar-refractivity contribution in [2.75, 3.05) is 11.9 Å². The number of anilines is 1. The topological polar surface area (TPSA) is 88.2 Å². The van der Waals surface area contributed by atoms with E-state index in [4.69, 9.17) is 0 Å². The van der Waals surface area contributed by atoms with Gasteiger partial charge in [-0.15, -0.1) is 11.3 Å². The lowest BCUT2D eigenvalue weighted by Crippen LogP contribution is -2.21. The number of thiazole rings is 1. The molecular formula is C24H25N3O3S. The number of hydrogen-bond acceptors (Lipinski definition) is 5. The van der Waals surface area contributed by atoms with Crippen LogP contribution in [-0.2, 0) is 16.0 Å². The van der Waals surface area contributed by atoms with Crippen LogP contribution < -0.4 is 10.6 Å². The first kappa shape index (κ1) is 22.4. The van der Waals surface area contributed by atoms with Crippen LogP contribution in [-0.4, -0.2) is 29.1 Å². The Labute approximate surface area is 185 Å². The van der Waals surface area contributed by atoms with Crippen molar-refractivity contribution >= 4 is 34.1 Å². The van der Waals surface area contributed by atoms with Gasteiger partial charge >= 0.3 is 0 Å². The van der Waals surface area contributed by atoms with Crippen LogP contribution in [0.5, 0.6) is 0 Å². The number of ketones is 1. The highest BCUT2D eigenvalue weighted by Crippen LogP contribution is 2.25. The van der Waals surface area contributed by atoms with Crippen LogP contribution in [0.15, 0.2) is 60.0 Å². The van der Waals surface area contributed by atoms with Gasteiger partial charge in [-0.2, -0.15) is 0 Å². The third kappa shape index (κ3) is 7.15. The minimum Gasteiger partial charge on any atom is -0.356 e. The van der Waals surface area contributed by atoms with Crippen molar-refractivity contribution in [2.24, 2.45) is 0 Å². The fraction of sp³-hybridized carbons (Fsp3) is 0.250. The van der Waals surface area contributed by atoms with Crippen molar-refractivity contribution in [1.29, 1.82) is 0 Å². The molecule has 0 unspecified atom stereocenters. The predicted molar refractivity (Wildman–Crippen MR) is 123 cm³/mol. The van der Waals surface area contributed by atoms with Crippen molar-refractivity contribution in [3.8, 4) is 11.3 Å². The molecule has 0 saturated carbocycles. The molecule has 2 N–H and O–H groups in total. The fourth-order valence-electron chi connectivity index (χ4n) is 3.04. The van der Waals surface area contributed by atoms with Gasteiger partial charge in [0.15, 0.2) is 10.9 Å². The zero-order valence-electron chi connectivity index (χ0n) is 17.4. The molecule has 0 saturated heterocycles. The Hall–Kier alpha value is -3.32. The van der Waals surface area contributed by atoms with Gasteiger partial charge in [-0.1, -0.05) is 54.6 Å². The second-order valence-corrected chi connectivity index (χ2v) is 8.02. The number of benzene rings is 2. The van der Waals surface area contributed by atoms with E-state index in [0.29, 0.717) is 17.2 Å². The molecular weight excluding hydrogens is 410 g/mol. The Morgan fingerprint density at radius 3 is 2.42 bits per heavy atom. The van der Waals surface area contributed by atoms with Crippen molar-refractivity contribution in [2.45, 2.75) is 32.6 Å². The molecule has 7 heteroatoms. The zero-order valence-corrected chi connectivity index (χ0v) is 18.2. The predicted octanol–water partition coefficient (Wildman–Crippen LogP) is 4.48. The second-order valence-electron chi connectivity index (χ2n) is 7.16. The molecule has 160 valence electrons. The average Bonchev–Trinajstić information content (AvgIpc) is 3.24. The number of aromatic nitrogens is 1. The third-order valence-corrected chi connectivity index (χ3v) is 5.45. The number of rotatable bonds is 10. The number of nitrogens with zero attached hydrogens (tertiary/aromatic N) is 1. The van der Waals surface area contributed by atoms with E-state index in [2.05, 4.69) is 27.8 Å². The standard InChI is InChI=1S/C24H25N3O3S/c1-17(28)25-15-5-6-18-9-11-19(12-10-18)21-16-31-24(26-21)27-23(30)14-13-22(29)20-7-3-2-4-8-20/h2-4,7-12,16H,5-6,13-15H2,1H3,(H,25,28)(H,26,27,30). The fourth-order valence-corrected chi connectivity index (χ4v) is 3.78. The van der Waals surface area contributed by atoms with E-state index in [9.17, 15) is 14.4 Å². The molecule has 31 heavy (non-hydrogen) atoms. The van der Waals surface area contributed by atoms with Gasteiger partial charge in [-0.3, -0.25) is 14.4 Å². The molecule has 0 aliphatic heterocycles. The van der Waals surface area contributed by atoms with E-state index < -0.39 is 0 Å². The number of amides is 2. The average molecular weight is 436 g/mol. The normalized spacial score (nSPS) is 10.5. The Kier molecular flexibility index (Phi) is 8.06. The molecule has 0 fully saturated rings. The monoisotopic (exact) mass is 435 g/mol. The Morgan fingerprint density at radius 2 is 1.71 bits per heavy atom. The molecule has 0 aliphatic carbocycles. The molecule has 0 radical (unpaired) electrons. The highest BCUT2D eigenvalue weighted by atomic mass is 32.1. The van der Waals surface area contributed by atoms with Crippen LogP contribution in [0, 0.1) is 0 Å². The Morgan fingerprint density at radius 1 is 0.968 bits per heavy atom. The van der Waals surface area contributed by atoms with Crippen LogP contribution in [0.25, 0.3) is 11.3 Å². The van der Waals surface area contributed by atoms with E-state index in [1.165, 1.54) is 23.8 Å². The van der Waals surface area contributed by atoms with Gasteiger partial charge in [-0.05, 0) is 18.4 Å². The summed E-state index contributed by atoms with van der Waals surface area (Å²) in [5, 5.41) is 7.99. The summed E-state index contributed by atoms with van der Waals surface area (Å²) in [6.07, 6.45) is 2.06. The van der Waals surface area contributed by atoms with Gasteiger partial charge in [0.2, 0.25) is 11.8 Å². The Balaban J connectivity index is 1.47. The van der Waals surface area contributed by atoms with Crippen LogP contribution in [0.4, 0.5) is 5.13 Å². The molecule has 6 nitrogen and oxygen atoms in total. The van der Waals surface area contributed by atoms with Gasteiger partial charge < -0.3 is 10.6 Å². The van der Waals surface area contributed by atoms with Gasteiger partial charge in [0.1, 0.15) is 0 Å². The minimum absolute atomic E-state index is 0.00966. The maximum absolute atomic E-state index is 12.2. The van der Waals surface area contributed by atoms with Crippen LogP contribution in [0.1, 0.15) is 42.1 Å². The minimum atomic E-state index is -0.223. The largest absolute Gasteiger partial charge is 0.356 e. The lowest BCUT2D eigenvalue weighted by Gasteiger charge is -2.04. The summed E-state index contributed by atoms with van der Waals surface area (Å²) in [6.45, 7) is 2.19. The first-order valence-electron chi connectivity index (χ1n) is 10.2.